The first-order chi connectivity index (χ1) is 6.69. The molecule has 0 fully saturated rings. The molecule has 0 aromatic carbocycles. The van der Waals surface area contributed by atoms with Crippen LogP contribution in [0.25, 0.3) is 5.76 Å². The van der Waals surface area contributed by atoms with Gasteiger partial charge in [-0.05, 0) is 19.1 Å². The van der Waals surface area contributed by atoms with E-state index in [1.807, 2.05) is 6.92 Å². The lowest BCUT2D eigenvalue weighted by Gasteiger charge is -2.02. The number of hydrogen-bond acceptors (Lipinski definition) is 4. The molecule has 14 heavy (non-hydrogen) atoms. The molecule has 1 aromatic heterocycles. The highest BCUT2D eigenvalue weighted by Crippen LogP contribution is 2.24. The topological polar surface area (TPSA) is 35.5 Å². The molecule has 1 heterocycles. The van der Waals surface area contributed by atoms with Gasteiger partial charge in [-0.25, -0.2) is 4.79 Å². The summed E-state index contributed by atoms with van der Waals surface area (Å²) in [7, 11) is 1.36. The quantitative estimate of drug-likeness (QED) is 0.568. The van der Waals surface area contributed by atoms with Gasteiger partial charge in [0.2, 0.25) is 0 Å². The van der Waals surface area contributed by atoms with Crippen LogP contribution in [0.4, 0.5) is 0 Å². The minimum absolute atomic E-state index is 0.328. The van der Waals surface area contributed by atoms with Gasteiger partial charge in [0.15, 0.2) is 0 Å². The molecule has 1 rings (SSSR count). The largest absolute Gasteiger partial charge is 0.493 e. The second-order valence-electron chi connectivity index (χ2n) is 2.51. The zero-order chi connectivity index (χ0) is 10.6. The number of esters is 1. The number of methoxy groups -OCH3 is 1. The van der Waals surface area contributed by atoms with Gasteiger partial charge in [0.1, 0.15) is 10.6 Å². The van der Waals surface area contributed by atoms with Crippen LogP contribution in [-0.4, -0.2) is 19.7 Å². The van der Waals surface area contributed by atoms with E-state index in [0.29, 0.717) is 17.2 Å². The van der Waals surface area contributed by atoms with E-state index in [1.165, 1.54) is 18.4 Å². The van der Waals surface area contributed by atoms with E-state index in [-0.39, 0.29) is 5.97 Å². The van der Waals surface area contributed by atoms with Crippen molar-refractivity contribution in [2.75, 3.05) is 13.7 Å². The Kier molecular flexibility index (Phi) is 3.71. The van der Waals surface area contributed by atoms with Crippen LogP contribution < -0.4 is 0 Å². The van der Waals surface area contributed by atoms with Crippen molar-refractivity contribution in [2.24, 2.45) is 0 Å². The number of carbonyl (C=O) groups excluding carboxylic acids is 1. The average Bonchev–Trinajstić information content (AvgIpc) is 2.66. The molecule has 0 spiro atoms. The Labute approximate surface area is 87.0 Å². The van der Waals surface area contributed by atoms with Gasteiger partial charge in [0.25, 0.3) is 0 Å². The van der Waals surface area contributed by atoms with E-state index >= 15 is 0 Å². The average molecular weight is 212 g/mol. The minimum Gasteiger partial charge on any atom is -0.493 e. The Bertz CT molecular complexity index is 341. The van der Waals surface area contributed by atoms with Crippen molar-refractivity contribution < 1.29 is 14.3 Å². The molecular weight excluding hydrogens is 200 g/mol. The van der Waals surface area contributed by atoms with Gasteiger partial charge in [0.05, 0.1) is 18.6 Å². The van der Waals surface area contributed by atoms with Crippen LogP contribution >= 0.6 is 11.3 Å². The molecule has 1 aromatic rings. The fourth-order valence-corrected chi connectivity index (χ4v) is 1.79. The first kappa shape index (κ1) is 10.8. The fourth-order valence-electron chi connectivity index (χ4n) is 0.943. The number of rotatable bonds is 4. The summed E-state index contributed by atoms with van der Waals surface area (Å²) in [5.41, 5.74) is 0. The summed E-state index contributed by atoms with van der Waals surface area (Å²) in [5, 5.41) is 0. The standard InChI is InChI=1S/C10H12O3S/c1-4-13-7(2)8-5-6-9(14-8)10(11)12-3/h5-6H,2,4H2,1,3H3. The van der Waals surface area contributed by atoms with E-state index in [0.717, 1.165) is 4.88 Å². The smallest absolute Gasteiger partial charge is 0.348 e. The molecule has 0 unspecified atom stereocenters. The highest BCUT2D eigenvalue weighted by atomic mass is 32.1. The maximum Gasteiger partial charge on any atom is 0.348 e. The summed E-state index contributed by atoms with van der Waals surface area (Å²) in [6.45, 7) is 6.21. The van der Waals surface area contributed by atoms with Gasteiger partial charge in [0, 0.05) is 0 Å². The minimum atomic E-state index is -0.328. The Balaban J connectivity index is 2.77. The monoisotopic (exact) mass is 212 g/mol. The maximum absolute atomic E-state index is 11.1. The predicted molar refractivity (Wildman–Crippen MR) is 56.3 cm³/mol. The molecular formula is C10H12O3S. The molecule has 0 aliphatic carbocycles. The number of ether oxygens (including phenoxy) is 2. The van der Waals surface area contributed by atoms with Gasteiger partial charge in [-0.1, -0.05) is 6.58 Å². The second-order valence-corrected chi connectivity index (χ2v) is 3.60. The number of hydrogen-bond donors (Lipinski definition) is 0. The van der Waals surface area contributed by atoms with Gasteiger partial charge < -0.3 is 9.47 Å². The van der Waals surface area contributed by atoms with Crippen LogP contribution in [0.2, 0.25) is 0 Å². The van der Waals surface area contributed by atoms with Crippen molar-refractivity contribution in [1.82, 2.24) is 0 Å². The van der Waals surface area contributed by atoms with Gasteiger partial charge >= 0.3 is 5.97 Å². The van der Waals surface area contributed by atoms with E-state index in [9.17, 15) is 4.79 Å². The lowest BCUT2D eigenvalue weighted by Crippen LogP contribution is -1.96. The fraction of sp³-hybridized carbons (Fsp3) is 0.300. The molecule has 0 atom stereocenters. The Morgan fingerprint density at radius 1 is 1.50 bits per heavy atom. The summed E-state index contributed by atoms with van der Waals surface area (Å²) in [6, 6.07) is 3.50. The normalized spacial score (nSPS) is 9.57. The highest BCUT2D eigenvalue weighted by molar-refractivity contribution is 7.14. The second kappa shape index (κ2) is 4.81. The van der Waals surface area contributed by atoms with Crippen molar-refractivity contribution in [3.8, 4) is 0 Å². The number of thiophene rings is 1. The summed E-state index contributed by atoms with van der Waals surface area (Å²) in [6.07, 6.45) is 0. The van der Waals surface area contributed by atoms with Crippen molar-refractivity contribution in [3.63, 3.8) is 0 Å². The SMILES string of the molecule is C=C(OCC)c1ccc(C(=O)OC)s1. The predicted octanol–water partition coefficient (Wildman–Crippen LogP) is 2.54. The molecule has 0 N–H and O–H groups in total. The molecule has 3 nitrogen and oxygen atoms in total. The van der Waals surface area contributed by atoms with Crippen LogP contribution in [0.15, 0.2) is 18.7 Å². The summed E-state index contributed by atoms with van der Waals surface area (Å²) in [4.78, 5) is 12.5. The van der Waals surface area contributed by atoms with E-state index in [4.69, 9.17) is 4.74 Å². The molecule has 76 valence electrons. The zero-order valence-electron chi connectivity index (χ0n) is 8.20. The van der Waals surface area contributed by atoms with Crippen LogP contribution in [0.1, 0.15) is 21.5 Å². The van der Waals surface area contributed by atoms with E-state index in [2.05, 4.69) is 11.3 Å². The van der Waals surface area contributed by atoms with Crippen molar-refractivity contribution in [2.45, 2.75) is 6.92 Å². The molecule has 0 radical (unpaired) electrons. The number of carbonyl (C=O) groups is 1. The Morgan fingerprint density at radius 2 is 2.14 bits per heavy atom. The first-order valence-corrected chi connectivity index (χ1v) is 5.01. The van der Waals surface area contributed by atoms with Crippen molar-refractivity contribution in [1.29, 1.82) is 0 Å². The molecule has 0 amide bonds. The summed E-state index contributed by atoms with van der Waals surface area (Å²) in [5.74, 6) is 0.262. The Hall–Kier alpha value is -1.29. The zero-order valence-corrected chi connectivity index (χ0v) is 9.02. The van der Waals surface area contributed by atoms with Gasteiger partial charge in [-0.15, -0.1) is 11.3 Å². The molecule has 0 aliphatic rings. The van der Waals surface area contributed by atoms with E-state index < -0.39 is 0 Å². The van der Waals surface area contributed by atoms with Crippen LogP contribution in [-0.2, 0) is 9.47 Å². The van der Waals surface area contributed by atoms with Crippen LogP contribution in [0.5, 0.6) is 0 Å². The summed E-state index contributed by atoms with van der Waals surface area (Å²) < 4.78 is 9.81. The van der Waals surface area contributed by atoms with Crippen LogP contribution in [0, 0.1) is 0 Å². The lowest BCUT2D eigenvalue weighted by molar-refractivity contribution is 0.0606. The highest BCUT2D eigenvalue weighted by Gasteiger charge is 2.10. The third kappa shape index (κ3) is 2.35. The van der Waals surface area contributed by atoms with Crippen molar-refractivity contribution in [3.05, 3.63) is 28.5 Å². The van der Waals surface area contributed by atoms with Gasteiger partial charge in [-0.2, -0.15) is 0 Å². The molecule has 4 heteroatoms. The molecule has 0 aliphatic heterocycles. The molecule has 0 bridgehead atoms. The van der Waals surface area contributed by atoms with Crippen molar-refractivity contribution >= 4 is 23.1 Å². The third-order valence-electron chi connectivity index (χ3n) is 1.59. The first-order valence-electron chi connectivity index (χ1n) is 4.19. The van der Waals surface area contributed by atoms with Crippen LogP contribution in [0.3, 0.4) is 0 Å². The molecule has 0 saturated heterocycles. The Morgan fingerprint density at radius 3 is 2.71 bits per heavy atom. The maximum atomic E-state index is 11.1. The summed E-state index contributed by atoms with van der Waals surface area (Å²) >= 11 is 1.31. The van der Waals surface area contributed by atoms with Gasteiger partial charge in [-0.3, -0.25) is 0 Å². The lowest BCUT2D eigenvalue weighted by atomic mass is 10.4. The molecule has 0 saturated carbocycles. The van der Waals surface area contributed by atoms with E-state index in [1.54, 1.807) is 12.1 Å². The third-order valence-corrected chi connectivity index (χ3v) is 2.69.